The molecule has 1 aliphatic carbocycles. The number of phenols is 2. The lowest BCUT2D eigenvalue weighted by molar-refractivity contribution is 0.107. The summed E-state index contributed by atoms with van der Waals surface area (Å²) in [5.41, 5.74) is 0.973. The van der Waals surface area contributed by atoms with E-state index >= 15 is 0 Å². The second-order valence-electron chi connectivity index (χ2n) is 4.57. The van der Waals surface area contributed by atoms with Gasteiger partial charge in [-0.1, -0.05) is 6.07 Å². The molecule has 0 aliphatic heterocycles. The van der Waals surface area contributed by atoms with Crippen LogP contribution >= 0.6 is 0 Å². The fourth-order valence-corrected chi connectivity index (χ4v) is 2.28. The summed E-state index contributed by atoms with van der Waals surface area (Å²) >= 11 is 0. The SMILES string of the molecule is COC1CCC(NCc2ccc(O)c(O)c2)C1. The van der Waals surface area contributed by atoms with Gasteiger partial charge in [0.15, 0.2) is 11.5 Å². The number of nitrogens with one attached hydrogen (secondary N) is 1. The van der Waals surface area contributed by atoms with Gasteiger partial charge in [0, 0.05) is 19.7 Å². The molecule has 0 bridgehead atoms. The van der Waals surface area contributed by atoms with E-state index in [2.05, 4.69) is 5.32 Å². The first-order chi connectivity index (χ1) is 8.19. The maximum absolute atomic E-state index is 9.37. The van der Waals surface area contributed by atoms with Crippen molar-refractivity contribution in [2.75, 3.05) is 7.11 Å². The van der Waals surface area contributed by atoms with Crippen LogP contribution in [0, 0.1) is 0 Å². The summed E-state index contributed by atoms with van der Waals surface area (Å²) in [6.07, 6.45) is 3.65. The molecule has 17 heavy (non-hydrogen) atoms. The Morgan fingerprint density at radius 2 is 2.12 bits per heavy atom. The molecule has 0 radical (unpaired) electrons. The molecule has 0 aromatic heterocycles. The van der Waals surface area contributed by atoms with Crippen molar-refractivity contribution in [1.82, 2.24) is 5.32 Å². The van der Waals surface area contributed by atoms with Crippen molar-refractivity contribution in [3.8, 4) is 11.5 Å². The number of hydrogen-bond donors (Lipinski definition) is 3. The first kappa shape index (κ1) is 12.2. The first-order valence-electron chi connectivity index (χ1n) is 5.96. The number of rotatable bonds is 4. The minimum Gasteiger partial charge on any atom is -0.504 e. The molecule has 0 amide bonds. The van der Waals surface area contributed by atoms with Crippen molar-refractivity contribution in [2.45, 2.75) is 38.0 Å². The number of phenolic OH excluding ortho intramolecular Hbond substituents is 2. The third kappa shape index (κ3) is 3.11. The van der Waals surface area contributed by atoms with Gasteiger partial charge >= 0.3 is 0 Å². The zero-order valence-corrected chi connectivity index (χ0v) is 10.0. The molecule has 4 nitrogen and oxygen atoms in total. The van der Waals surface area contributed by atoms with Crippen molar-refractivity contribution < 1.29 is 14.9 Å². The van der Waals surface area contributed by atoms with E-state index in [1.54, 1.807) is 13.2 Å². The second kappa shape index (κ2) is 5.38. The molecular formula is C13H19NO3. The lowest BCUT2D eigenvalue weighted by Gasteiger charge is -2.13. The highest BCUT2D eigenvalue weighted by molar-refractivity contribution is 5.40. The van der Waals surface area contributed by atoms with E-state index < -0.39 is 0 Å². The van der Waals surface area contributed by atoms with Crippen LogP contribution < -0.4 is 5.32 Å². The molecule has 1 aliphatic rings. The summed E-state index contributed by atoms with van der Waals surface area (Å²) in [5, 5.41) is 22.0. The molecular weight excluding hydrogens is 218 g/mol. The Morgan fingerprint density at radius 1 is 1.29 bits per heavy atom. The molecule has 1 saturated carbocycles. The number of hydrogen-bond acceptors (Lipinski definition) is 4. The Balaban J connectivity index is 1.84. The van der Waals surface area contributed by atoms with Crippen molar-refractivity contribution >= 4 is 0 Å². The molecule has 2 rings (SSSR count). The van der Waals surface area contributed by atoms with Crippen molar-refractivity contribution in [2.24, 2.45) is 0 Å². The maximum Gasteiger partial charge on any atom is 0.157 e. The van der Waals surface area contributed by atoms with Crippen LogP contribution in [0.2, 0.25) is 0 Å². The monoisotopic (exact) mass is 237 g/mol. The maximum atomic E-state index is 9.37. The van der Waals surface area contributed by atoms with Gasteiger partial charge in [-0.25, -0.2) is 0 Å². The van der Waals surface area contributed by atoms with Crippen LogP contribution in [0.3, 0.4) is 0 Å². The summed E-state index contributed by atoms with van der Waals surface area (Å²) in [6.45, 7) is 0.703. The van der Waals surface area contributed by atoms with Crippen LogP contribution in [0.5, 0.6) is 11.5 Å². The van der Waals surface area contributed by atoms with Crippen LogP contribution in [0.1, 0.15) is 24.8 Å². The first-order valence-corrected chi connectivity index (χ1v) is 5.96. The van der Waals surface area contributed by atoms with Gasteiger partial charge in [0.05, 0.1) is 6.10 Å². The molecule has 94 valence electrons. The zero-order chi connectivity index (χ0) is 12.3. The number of aromatic hydroxyl groups is 2. The highest BCUT2D eigenvalue weighted by atomic mass is 16.5. The summed E-state index contributed by atoms with van der Waals surface area (Å²) in [6, 6.07) is 5.39. The Hall–Kier alpha value is -1.26. The van der Waals surface area contributed by atoms with Gasteiger partial charge in [-0.05, 0) is 37.0 Å². The minimum absolute atomic E-state index is 0.0644. The molecule has 3 N–H and O–H groups in total. The minimum atomic E-state index is -0.0749. The lowest BCUT2D eigenvalue weighted by atomic mass is 10.1. The van der Waals surface area contributed by atoms with Crippen molar-refractivity contribution in [3.05, 3.63) is 23.8 Å². The van der Waals surface area contributed by atoms with E-state index in [1.807, 2.05) is 6.07 Å². The Labute approximate surface area is 101 Å². The molecule has 0 saturated heterocycles. The second-order valence-corrected chi connectivity index (χ2v) is 4.57. The van der Waals surface area contributed by atoms with Crippen LogP contribution in [-0.2, 0) is 11.3 Å². The zero-order valence-electron chi connectivity index (χ0n) is 10.0. The summed E-state index contributed by atoms with van der Waals surface area (Å²) in [4.78, 5) is 0. The van der Waals surface area contributed by atoms with Crippen molar-refractivity contribution in [1.29, 1.82) is 0 Å². The molecule has 1 fully saturated rings. The number of benzene rings is 1. The van der Waals surface area contributed by atoms with Crippen LogP contribution in [-0.4, -0.2) is 29.5 Å². The van der Waals surface area contributed by atoms with Gasteiger partial charge in [-0.2, -0.15) is 0 Å². The van der Waals surface area contributed by atoms with Gasteiger partial charge < -0.3 is 20.3 Å². The van der Waals surface area contributed by atoms with E-state index in [0.717, 1.165) is 24.8 Å². The summed E-state index contributed by atoms with van der Waals surface area (Å²) in [7, 11) is 1.76. The van der Waals surface area contributed by atoms with E-state index in [0.29, 0.717) is 18.7 Å². The molecule has 4 heteroatoms. The largest absolute Gasteiger partial charge is 0.504 e. The number of ether oxygens (including phenoxy) is 1. The lowest BCUT2D eigenvalue weighted by Crippen LogP contribution is -2.26. The Kier molecular flexibility index (Phi) is 3.86. The molecule has 1 aromatic rings. The van der Waals surface area contributed by atoms with Crippen molar-refractivity contribution in [3.63, 3.8) is 0 Å². The normalized spacial score (nSPS) is 24.1. The van der Waals surface area contributed by atoms with Gasteiger partial charge in [0.25, 0.3) is 0 Å². The number of methoxy groups -OCH3 is 1. The molecule has 2 atom stereocenters. The average molecular weight is 237 g/mol. The van der Waals surface area contributed by atoms with Crippen LogP contribution in [0.4, 0.5) is 0 Å². The van der Waals surface area contributed by atoms with Crippen LogP contribution in [0.15, 0.2) is 18.2 Å². The predicted molar refractivity (Wildman–Crippen MR) is 65.0 cm³/mol. The summed E-state index contributed by atoms with van der Waals surface area (Å²) < 4.78 is 5.32. The van der Waals surface area contributed by atoms with Gasteiger partial charge in [0.2, 0.25) is 0 Å². The summed E-state index contributed by atoms with van der Waals surface area (Å²) in [5.74, 6) is -0.139. The molecule has 0 heterocycles. The quantitative estimate of drug-likeness (QED) is 0.698. The molecule has 1 aromatic carbocycles. The average Bonchev–Trinajstić information content (AvgIpc) is 2.79. The Bertz CT molecular complexity index is 381. The standard InChI is InChI=1S/C13H19NO3/c1-17-11-4-3-10(7-11)14-8-9-2-5-12(15)13(16)6-9/h2,5-6,10-11,14-16H,3-4,7-8H2,1H3. The highest BCUT2D eigenvalue weighted by Crippen LogP contribution is 2.25. The van der Waals surface area contributed by atoms with Gasteiger partial charge in [-0.3, -0.25) is 0 Å². The van der Waals surface area contributed by atoms with Gasteiger partial charge in [-0.15, -0.1) is 0 Å². The smallest absolute Gasteiger partial charge is 0.157 e. The van der Waals surface area contributed by atoms with E-state index in [-0.39, 0.29) is 11.5 Å². The van der Waals surface area contributed by atoms with E-state index in [4.69, 9.17) is 4.74 Å². The fourth-order valence-electron chi connectivity index (χ4n) is 2.28. The van der Waals surface area contributed by atoms with Crippen LogP contribution in [0.25, 0.3) is 0 Å². The Morgan fingerprint density at radius 3 is 2.76 bits per heavy atom. The van der Waals surface area contributed by atoms with E-state index in [1.165, 1.54) is 6.07 Å². The third-order valence-corrected chi connectivity index (χ3v) is 3.35. The highest BCUT2D eigenvalue weighted by Gasteiger charge is 2.23. The molecule has 2 unspecified atom stereocenters. The fraction of sp³-hybridized carbons (Fsp3) is 0.538. The topological polar surface area (TPSA) is 61.7 Å². The van der Waals surface area contributed by atoms with E-state index in [9.17, 15) is 10.2 Å². The third-order valence-electron chi connectivity index (χ3n) is 3.35. The van der Waals surface area contributed by atoms with Gasteiger partial charge in [0.1, 0.15) is 0 Å². The predicted octanol–water partition coefficient (Wildman–Crippen LogP) is 1.75. The molecule has 0 spiro atoms.